The minimum Gasteiger partial charge on any atom is -0.491 e. The lowest BCUT2D eigenvalue weighted by Crippen LogP contribution is -2.49. The lowest BCUT2D eigenvalue weighted by Gasteiger charge is -2.26. The molecule has 0 aliphatic heterocycles. The van der Waals surface area contributed by atoms with E-state index in [1.807, 2.05) is 0 Å². The Bertz CT molecular complexity index is 479. The van der Waals surface area contributed by atoms with Gasteiger partial charge in [0, 0.05) is 0 Å². The number of hydrogen-bond donors (Lipinski definition) is 1. The molecule has 4 heteroatoms. The molecule has 1 aromatic carbocycles. The third-order valence-corrected chi connectivity index (χ3v) is 3.52. The lowest BCUT2D eigenvalue weighted by molar-refractivity contribution is 0.210. The molecular weight excluding hydrogens is 231 g/mol. The maximum atomic E-state index is 13.1. The highest BCUT2D eigenvalue weighted by molar-refractivity contribution is 5.29. The summed E-state index contributed by atoms with van der Waals surface area (Å²) in [6, 6.07) is 6.94. The van der Waals surface area contributed by atoms with Crippen molar-refractivity contribution >= 4 is 0 Å². The summed E-state index contributed by atoms with van der Waals surface area (Å²) in [4.78, 5) is 0. The van der Waals surface area contributed by atoms with E-state index >= 15 is 0 Å². The van der Waals surface area contributed by atoms with Crippen LogP contribution in [-0.2, 0) is 0 Å². The third-order valence-electron chi connectivity index (χ3n) is 3.52. The smallest absolute Gasteiger partial charge is 0.143 e. The van der Waals surface area contributed by atoms with Gasteiger partial charge in [0.2, 0.25) is 0 Å². The maximum Gasteiger partial charge on any atom is 0.143 e. The van der Waals surface area contributed by atoms with E-state index in [4.69, 9.17) is 4.74 Å². The first kappa shape index (κ1) is 12.8. The predicted molar refractivity (Wildman–Crippen MR) is 66.8 cm³/mol. The minimum atomic E-state index is -0.623. The Hall–Kier alpha value is -1.60. The van der Waals surface area contributed by atoms with Gasteiger partial charge in [-0.2, -0.15) is 5.26 Å². The summed E-state index contributed by atoms with van der Waals surface area (Å²) in [6.45, 7) is 1.98. The Labute approximate surface area is 107 Å². The highest BCUT2D eigenvalue weighted by atomic mass is 19.1. The van der Waals surface area contributed by atoms with Crippen molar-refractivity contribution in [2.24, 2.45) is 5.92 Å². The van der Waals surface area contributed by atoms with E-state index < -0.39 is 5.54 Å². The van der Waals surface area contributed by atoms with Crippen molar-refractivity contribution in [2.75, 3.05) is 13.7 Å². The molecule has 0 spiro atoms. The van der Waals surface area contributed by atoms with Gasteiger partial charge >= 0.3 is 0 Å². The molecular formula is C14H17FN2O. The molecule has 0 aromatic heterocycles. The molecule has 1 aromatic rings. The number of nitriles is 1. The molecule has 2 rings (SSSR count). The zero-order chi connectivity index (χ0) is 13.2. The first-order chi connectivity index (χ1) is 8.61. The number of halogens is 1. The summed E-state index contributed by atoms with van der Waals surface area (Å²) in [6.07, 6.45) is 2.11. The van der Waals surface area contributed by atoms with E-state index in [2.05, 4.69) is 11.4 Å². The minimum absolute atomic E-state index is 0.246. The van der Waals surface area contributed by atoms with Crippen LogP contribution in [0.4, 0.5) is 4.39 Å². The topological polar surface area (TPSA) is 45.0 Å². The number of aryl methyl sites for hydroxylation is 1. The van der Waals surface area contributed by atoms with E-state index in [9.17, 15) is 9.65 Å². The molecule has 1 unspecified atom stereocenters. The highest BCUT2D eigenvalue weighted by Crippen LogP contribution is 2.39. The standard InChI is InChI=1S/C14H17FN2O/c1-10-7-12(5-6-13(10)15)18-9-14(8-16,17-2)11-3-4-11/h5-7,11,17H,3-4,9H2,1-2H3. The van der Waals surface area contributed by atoms with Crippen LogP contribution in [0, 0.1) is 30.0 Å². The number of likely N-dealkylation sites (N-methyl/N-ethyl adjacent to an activating group) is 1. The largest absolute Gasteiger partial charge is 0.491 e. The molecule has 1 N–H and O–H groups in total. The van der Waals surface area contributed by atoms with Gasteiger partial charge in [0.05, 0.1) is 6.07 Å². The van der Waals surface area contributed by atoms with Crippen molar-refractivity contribution < 1.29 is 9.13 Å². The van der Waals surface area contributed by atoms with Crippen LogP contribution in [0.3, 0.4) is 0 Å². The van der Waals surface area contributed by atoms with Gasteiger partial charge in [0.25, 0.3) is 0 Å². The molecule has 1 aliphatic carbocycles. The molecule has 0 bridgehead atoms. The average Bonchev–Trinajstić information content (AvgIpc) is 3.20. The fourth-order valence-corrected chi connectivity index (χ4v) is 2.05. The van der Waals surface area contributed by atoms with Gasteiger partial charge in [-0.25, -0.2) is 4.39 Å². The Morgan fingerprint density at radius 2 is 2.28 bits per heavy atom. The van der Waals surface area contributed by atoms with Gasteiger partial charge < -0.3 is 4.74 Å². The zero-order valence-corrected chi connectivity index (χ0v) is 10.7. The van der Waals surface area contributed by atoms with Crippen molar-refractivity contribution in [3.8, 4) is 11.8 Å². The van der Waals surface area contributed by atoms with Crippen molar-refractivity contribution in [1.29, 1.82) is 5.26 Å². The molecule has 1 fully saturated rings. The molecule has 1 saturated carbocycles. The van der Waals surface area contributed by atoms with Crippen molar-refractivity contribution in [3.63, 3.8) is 0 Å². The van der Waals surface area contributed by atoms with Crippen molar-refractivity contribution in [1.82, 2.24) is 5.32 Å². The predicted octanol–water partition coefficient (Wildman–Crippen LogP) is 2.40. The number of nitrogens with one attached hydrogen (secondary N) is 1. The Morgan fingerprint density at radius 3 is 2.78 bits per heavy atom. The number of ether oxygens (including phenoxy) is 1. The molecule has 0 heterocycles. The van der Waals surface area contributed by atoms with Crippen LogP contribution in [0.25, 0.3) is 0 Å². The quantitative estimate of drug-likeness (QED) is 0.870. The summed E-state index contributed by atoms with van der Waals surface area (Å²) < 4.78 is 18.8. The van der Waals surface area contributed by atoms with E-state index in [-0.39, 0.29) is 12.4 Å². The summed E-state index contributed by atoms with van der Waals surface area (Å²) in [5.41, 5.74) is -0.0756. The van der Waals surface area contributed by atoms with E-state index in [1.165, 1.54) is 6.07 Å². The summed E-state index contributed by atoms with van der Waals surface area (Å²) in [7, 11) is 1.78. The Kier molecular flexibility index (Phi) is 3.53. The number of hydrogen-bond acceptors (Lipinski definition) is 3. The van der Waals surface area contributed by atoms with Crippen LogP contribution in [0.15, 0.2) is 18.2 Å². The third kappa shape index (κ3) is 2.46. The normalized spacial score (nSPS) is 17.9. The van der Waals surface area contributed by atoms with Gasteiger partial charge in [-0.1, -0.05) is 0 Å². The fourth-order valence-electron chi connectivity index (χ4n) is 2.05. The molecule has 0 amide bonds. The molecule has 1 aliphatic rings. The zero-order valence-electron chi connectivity index (χ0n) is 10.7. The summed E-state index contributed by atoms with van der Waals surface area (Å²) in [5, 5.41) is 12.4. The second kappa shape index (κ2) is 4.95. The summed E-state index contributed by atoms with van der Waals surface area (Å²) in [5.74, 6) is 0.711. The van der Waals surface area contributed by atoms with Crippen LogP contribution in [0.2, 0.25) is 0 Å². The number of benzene rings is 1. The second-order valence-electron chi connectivity index (χ2n) is 4.81. The second-order valence-corrected chi connectivity index (χ2v) is 4.81. The SMILES string of the molecule is CNC(C#N)(COc1ccc(F)c(C)c1)C1CC1. The van der Waals surface area contributed by atoms with Gasteiger partial charge in [-0.15, -0.1) is 0 Å². The molecule has 3 nitrogen and oxygen atoms in total. The van der Waals surface area contributed by atoms with Gasteiger partial charge in [-0.05, 0) is 56.5 Å². The van der Waals surface area contributed by atoms with Gasteiger partial charge in [-0.3, -0.25) is 5.32 Å². The first-order valence-electron chi connectivity index (χ1n) is 6.10. The van der Waals surface area contributed by atoms with E-state index in [0.717, 1.165) is 12.8 Å². The monoisotopic (exact) mass is 248 g/mol. The van der Waals surface area contributed by atoms with Crippen LogP contribution in [-0.4, -0.2) is 19.2 Å². The van der Waals surface area contributed by atoms with Gasteiger partial charge in [0.1, 0.15) is 23.7 Å². The van der Waals surface area contributed by atoms with Crippen LogP contribution < -0.4 is 10.1 Å². The molecule has 0 radical (unpaired) electrons. The van der Waals surface area contributed by atoms with Crippen LogP contribution in [0.5, 0.6) is 5.75 Å². The van der Waals surface area contributed by atoms with E-state index in [0.29, 0.717) is 17.2 Å². The van der Waals surface area contributed by atoms with Gasteiger partial charge in [0.15, 0.2) is 0 Å². The number of nitrogens with zero attached hydrogens (tertiary/aromatic N) is 1. The van der Waals surface area contributed by atoms with Crippen molar-refractivity contribution in [2.45, 2.75) is 25.3 Å². The Balaban J connectivity index is 2.05. The van der Waals surface area contributed by atoms with E-state index in [1.54, 1.807) is 26.1 Å². The molecule has 18 heavy (non-hydrogen) atoms. The molecule has 0 saturated heterocycles. The lowest BCUT2D eigenvalue weighted by atomic mass is 9.96. The maximum absolute atomic E-state index is 13.1. The highest BCUT2D eigenvalue weighted by Gasteiger charge is 2.45. The fraction of sp³-hybridized carbons (Fsp3) is 0.500. The van der Waals surface area contributed by atoms with Crippen molar-refractivity contribution in [3.05, 3.63) is 29.6 Å². The van der Waals surface area contributed by atoms with Crippen LogP contribution in [0.1, 0.15) is 18.4 Å². The first-order valence-corrected chi connectivity index (χ1v) is 6.10. The average molecular weight is 248 g/mol. The number of rotatable bonds is 5. The molecule has 1 atom stereocenters. The van der Waals surface area contributed by atoms with Crippen LogP contribution >= 0.6 is 0 Å². The molecule has 96 valence electrons. The Morgan fingerprint density at radius 1 is 1.56 bits per heavy atom. The summed E-state index contributed by atoms with van der Waals surface area (Å²) >= 11 is 0.